The van der Waals surface area contributed by atoms with Crippen LogP contribution in [0.3, 0.4) is 0 Å². The summed E-state index contributed by atoms with van der Waals surface area (Å²) in [5, 5.41) is 46.3. The molecule has 2 aromatic heterocycles. The molecule has 5 amide bonds. The summed E-state index contributed by atoms with van der Waals surface area (Å²) in [5.41, 5.74) is 8.03. The van der Waals surface area contributed by atoms with E-state index in [9.17, 15) is 58.5 Å². The molecule has 0 bridgehead atoms. The Kier molecular flexibility index (Phi) is 28.5. The second-order valence-electron chi connectivity index (χ2n) is 23.1. The van der Waals surface area contributed by atoms with Gasteiger partial charge in [0.1, 0.15) is 6.04 Å². The lowest BCUT2D eigenvalue weighted by molar-refractivity contribution is -0.139. The average Bonchev–Trinajstić information content (AvgIpc) is 0.837. The maximum absolute atomic E-state index is 14.2. The van der Waals surface area contributed by atoms with Crippen molar-refractivity contribution in [2.75, 3.05) is 189 Å². The summed E-state index contributed by atoms with van der Waals surface area (Å²) < 4.78 is 0. The van der Waals surface area contributed by atoms with Crippen molar-refractivity contribution < 1.29 is 53.7 Å². The molecule has 2 fully saturated rings. The smallest absolute Gasteiger partial charge is 0.317 e. The van der Waals surface area contributed by atoms with Gasteiger partial charge < -0.3 is 67.7 Å². The maximum Gasteiger partial charge on any atom is 0.317 e. The molecule has 1 unspecified atom stereocenters. The number of anilines is 6. The molecule has 5 aromatic rings. The average molecular weight is 1300 g/mol. The molecule has 0 saturated carbocycles. The molecule has 0 spiro atoms. The van der Waals surface area contributed by atoms with Crippen molar-refractivity contribution in [2.45, 2.75) is 46.2 Å². The maximum atomic E-state index is 14.2. The lowest BCUT2D eigenvalue weighted by Gasteiger charge is -2.33. The topological polar surface area (TPSA) is 393 Å². The lowest BCUT2D eigenvalue weighted by atomic mass is 10.1. The third kappa shape index (κ3) is 24.8. The van der Waals surface area contributed by atoms with Gasteiger partial charge >= 0.3 is 17.9 Å². The minimum absolute atomic E-state index is 0.0186. The summed E-state index contributed by atoms with van der Waals surface area (Å²) in [6, 6.07) is 18.0. The second-order valence-corrected chi connectivity index (χ2v) is 23.1. The Labute approximate surface area is 545 Å². The molecule has 0 radical (unpaired) electrons. The van der Waals surface area contributed by atoms with E-state index in [4.69, 9.17) is 5.73 Å². The van der Waals surface area contributed by atoms with Gasteiger partial charge in [-0.2, -0.15) is 4.98 Å². The molecule has 31 heteroatoms. The number of likely N-dealkylation sites (N-methyl/N-ethyl adjacent to an activating group) is 3. The molecule has 2 aliphatic heterocycles. The molecule has 508 valence electrons. The predicted molar refractivity (Wildman–Crippen MR) is 355 cm³/mol. The molecule has 7 rings (SSSR count). The van der Waals surface area contributed by atoms with Crippen LogP contribution in [0.2, 0.25) is 0 Å². The third-order valence-corrected chi connectivity index (χ3v) is 16.3. The number of nitrogens with one attached hydrogen (secondary N) is 7. The molecular formula is C63H89N19O12. The minimum atomic E-state index is -1.25. The van der Waals surface area contributed by atoms with Crippen LogP contribution in [0.4, 0.5) is 34.4 Å². The number of nitrogens with zero attached hydrogens (tertiary/aromatic N) is 11. The van der Waals surface area contributed by atoms with Gasteiger partial charge in [0.15, 0.2) is 11.2 Å². The van der Waals surface area contributed by atoms with E-state index in [1.165, 1.54) is 6.20 Å². The largest absolute Gasteiger partial charge is 0.480 e. The molecule has 2 saturated heterocycles. The van der Waals surface area contributed by atoms with Crippen molar-refractivity contribution in [1.29, 1.82) is 0 Å². The highest BCUT2D eigenvalue weighted by atomic mass is 16.4. The van der Waals surface area contributed by atoms with Gasteiger partial charge in [-0.25, -0.2) is 9.97 Å². The van der Waals surface area contributed by atoms with Crippen LogP contribution in [-0.4, -0.2) is 285 Å². The summed E-state index contributed by atoms with van der Waals surface area (Å²) in [7, 11) is 0. The fourth-order valence-corrected chi connectivity index (χ4v) is 10.8. The van der Waals surface area contributed by atoms with Crippen molar-refractivity contribution in [1.82, 2.24) is 64.5 Å². The number of aliphatic carboxylic acids is 3. The summed E-state index contributed by atoms with van der Waals surface area (Å²) in [4.78, 5) is 148. The predicted octanol–water partition coefficient (Wildman–Crippen LogP) is 0.697. The van der Waals surface area contributed by atoms with Crippen molar-refractivity contribution in [3.63, 3.8) is 0 Å². The number of hydrogen-bond acceptors (Lipinski definition) is 22. The fourth-order valence-electron chi connectivity index (χ4n) is 10.8. The highest BCUT2D eigenvalue weighted by Gasteiger charge is 2.26. The number of carboxylic acid groups (broad SMARTS) is 3. The molecular weight excluding hydrogens is 1210 g/mol. The number of rotatable bonds is 26. The van der Waals surface area contributed by atoms with Crippen LogP contribution < -0.4 is 43.2 Å². The number of nitrogens with two attached hydrogens (primary N) is 1. The number of amides is 5. The standard InChI is InChI=1S/C63H89N19O12/c1-4-75-21-22-76(5-2)24-28-80(41-55(86)87)34-31-78(27-23-75)39-53(84)68-47-13-11-46(12-14-47)67-52(83)20-19-51(72-60(92)44-7-9-45(10-8-44)65-37-50-38-66-59-58(70-50)62(94)74-63(64)73-59)61(93)71-49-17-15-48(16-18-49)69-54(85)40-79-32-35-81(42-56(88)89)29-25-77(6-3)26-30-82(36-33-79)43-57(90)91/h7-18,38,51,65H,4-6,19-37,39-43H2,1-3H3,(H,67,83)(H,68,84)(H,69,85)(H,71,93)(H,72,92)(H,86,87)(H,88,89)(H,90,91)(H3,64,66,73,74,94). The van der Waals surface area contributed by atoms with Gasteiger partial charge in [-0.15, -0.1) is 0 Å². The first-order valence-corrected chi connectivity index (χ1v) is 31.7. The first-order valence-electron chi connectivity index (χ1n) is 31.7. The molecule has 0 aliphatic carbocycles. The summed E-state index contributed by atoms with van der Waals surface area (Å²) in [5.74, 6) is -5.29. The van der Waals surface area contributed by atoms with Crippen molar-refractivity contribution in [2.24, 2.45) is 0 Å². The van der Waals surface area contributed by atoms with E-state index in [-0.39, 0.29) is 86.6 Å². The Bertz CT molecular complexity index is 3370. The van der Waals surface area contributed by atoms with Crippen molar-refractivity contribution >= 4 is 93.0 Å². The summed E-state index contributed by atoms with van der Waals surface area (Å²) in [6.07, 6.45) is 1.10. The number of fused-ring (bicyclic) bond motifs is 1. The van der Waals surface area contributed by atoms with Gasteiger partial charge in [-0.1, -0.05) is 20.8 Å². The van der Waals surface area contributed by atoms with Crippen LogP contribution in [0, 0.1) is 0 Å². The van der Waals surface area contributed by atoms with E-state index in [1.54, 1.807) is 72.8 Å². The molecule has 4 heterocycles. The molecule has 12 N–H and O–H groups in total. The van der Waals surface area contributed by atoms with Crippen LogP contribution in [0.5, 0.6) is 0 Å². The minimum Gasteiger partial charge on any atom is -0.480 e. The lowest BCUT2D eigenvalue weighted by Crippen LogP contribution is -2.48. The third-order valence-electron chi connectivity index (χ3n) is 16.3. The Morgan fingerprint density at radius 2 is 0.851 bits per heavy atom. The Morgan fingerprint density at radius 1 is 0.489 bits per heavy atom. The van der Waals surface area contributed by atoms with Crippen molar-refractivity contribution in [3.05, 3.63) is 101 Å². The number of carbonyl (C=O) groups excluding carboxylic acids is 5. The van der Waals surface area contributed by atoms with E-state index >= 15 is 0 Å². The Balaban J connectivity index is 0.976. The van der Waals surface area contributed by atoms with Gasteiger partial charge in [0.2, 0.25) is 29.6 Å². The molecule has 3 aromatic carbocycles. The van der Waals surface area contributed by atoms with E-state index in [2.05, 4.69) is 80.4 Å². The van der Waals surface area contributed by atoms with Crippen LogP contribution in [-0.2, 0) is 40.1 Å². The zero-order chi connectivity index (χ0) is 67.5. The second kappa shape index (κ2) is 37.0. The normalized spacial score (nSPS) is 16.6. The highest BCUT2D eigenvalue weighted by Crippen LogP contribution is 2.19. The Morgan fingerprint density at radius 3 is 1.24 bits per heavy atom. The number of carboxylic acids is 3. The monoisotopic (exact) mass is 1300 g/mol. The van der Waals surface area contributed by atoms with Crippen LogP contribution >= 0.6 is 0 Å². The number of hydrogen-bond donors (Lipinski definition) is 11. The number of H-pyrrole nitrogens is 1. The van der Waals surface area contributed by atoms with Crippen molar-refractivity contribution in [3.8, 4) is 0 Å². The molecule has 31 nitrogen and oxygen atoms in total. The van der Waals surface area contributed by atoms with E-state index in [1.807, 2.05) is 31.4 Å². The number of aromatic amines is 1. The van der Waals surface area contributed by atoms with Gasteiger partial charge in [-0.05, 0) is 98.9 Å². The summed E-state index contributed by atoms with van der Waals surface area (Å²) >= 11 is 0. The first kappa shape index (κ1) is 72.3. The van der Waals surface area contributed by atoms with Crippen LogP contribution in [0.15, 0.2) is 83.8 Å². The van der Waals surface area contributed by atoms with Gasteiger partial charge in [0, 0.05) is 145 Å². The zero-order valence-corrected chi connectivity index (χ0v) is 53.7. The van der Waals surface area contributed by atoms with E-state index in [0.29, 0.717) is 113 Å². The highest BCUT2D eigenvalue weighted by molar-refractivity contribution is 6.02. The number of aromatic nitrogens is 4. The van der Waals surface area contributed by atoms with Crippen LogP contribution in [0.25, 0.3) is 11.2 Å². The molecule has 2 aliphatic rings. The van der Waals surface area contributed by atoms with E-state index in [0.717, 1.165) is 45.8 Å². The number of nitrogen functional groups attached to an aromatic ring is 1. The Hall–Kier alpha value is -9.08. The van der Waals surface area contributed by atoms with E-state index < -0.39 is 47.2 Å². The molecule has 1 atom stereocenters. The first-order chi connectivity index (χ1) is 45.2. The summed E-state index contributed by atoms with van der Waals surface area (Å²) in [6.45, 7) is 17.3. The molecule has 94 heavy (non-hydrogen) atoms. The van der Waals surface area contributed by atoms with Gasteiger partial charge in [0.25, 0.3) is 11.5 Å². The number of carbonyl (C=O) groups is 8. The van der Waals surface area contributed by atoms with Gasteiger partial charge in [0.05, 0.1) is 51.2 Å². The van der Waals surface area contributed by atoms with Gasteiger partial charge in [-0.3, -0.25) is 72.6 Å². The number of benzene rings is 3. The van der Waals surface area contributed by atoms with Crippen LogP contribution in [0.1, 0.15) is 49.7 Å². The SMILES string of the molecule is CCN1CCN(CC)CCN(CC(=O)Nc2ccc(NC(=O)CCC(NC(=O)c3ccc(NCc4cnc5nc(N)[nH]c(=O)c5n4)cc3)C(=O)Nc3ccc(NC(=O)CN4CCN(CC(=O)O)CCN(CC)CCN(CC(=O)O)CC4)cc3)cc2)CCN(CC(=O)O)CC1. The quantitative estimate of drug-likeness (QED) is 0.0363. The fraction of sp³-hybridized carbons (Fsp3) is 0.492. The zero-order valence-electron chi connectivity index (χ0n) is 53.7.